The number of pyridine rings is 1. The highest BCUT2D eigenvalue weighted by atomic mass is 16.5. The van der Waals surface area contributed by atoms with Crippen molar-refractivity contribution in [2.45, 2.75) is 38.9 Å². The van der Waals surface area contributed by atoms with Gasteiger partial charge in [-0.1, -0.05) is 30.3 Å². The van der Waals surface area contributed by atoms with Crippen LogP contribution >= 0.6 is 0 Å². The Balaban J connectivity index is 1.91. The highest BCUT2D eigenvalue weighted by Crippen LogP contribution is 2.32. The normalized spacial score (nSPS) is 13.0. The van der Waals surface area contributed by atoms with Crippen LogP contribution in [-0.2, 0) is 4.65 Å². The van der Waals surface area contributed by atoms with Crippen LogP contribution in [0.3, 0.4) is 0 Å². The van der Waals surface area contributed by atoms with Crippen LogP contribution in [0.1, 0.15) is 27.7 Å². The van der Waals surface area contributed by atoms with E-state index < -0.39 is 11.2 Å². The van der Waals surface area contributed by atoms with Crippen LogP contribution < -0.4 is 5.46 Å². The largest absolute Gasteiger partial charge is 0.456 e. The fourth-order valence-electron chi connectivity index (χ4n) is 3.05. The monoisotopic (exact) mass is 347 g/mol. The fourth-order valence-corrected chi connectivity index (χ4v) is 3.05. The molecule has 0 fully saturated rings. The molecule has 0 spiro atoms. The second-order valence-electron chi connectivity index (χ2n) is 7.77. The molecule has 2 aromatic heterocycles. The van der Waals surface area contributed by atoms with Crippen LogP contribution in [0, 0.1) is 0 Å². The van der Waals surface area contributed by atoms with Gasteiger partial charge in [-0.05, 0) is 45.3 Å². The van der Waals surface area contributed by atoms with E-state index in [0.717, 1.165) is 38.3 Å². The molecule has 4 rings (SSSR count). The average Bonchev–Trinajstić information content (AvgIpc) is 2.98. The van der Waals surface area contributed by atoms with E-state index >= 15 is 0 Å². The number of aliphatic hydroxyl groups is 1. The van der Waals surface area contributed by atoms with E-state index in [0.29, 0.717) is 7.48 Å². The van der Waals surface area contributed by atoms with Gasteiger partial charge in [-0.25, -0.2) is 0 Å². The molecule has 0 saturated carbocycles. The van der Waals surface area contributed by atoms with Gasteiger partial charge in [0.05, 0.1) is 22.1 Å². The Hall–Kier alpha value is -2.37. The van der Waals surface area contributed by atoms with Crippen LogP contribution in [0.4, 0.5) is 0 Å². The number of fused-ring (bicyclic) bond motifs is 5. The molecule has 4 nitrogen and oxygen atoms in total. The zero-order valence-electron chi connectivity index (χ0n) is 15.5. The van der Waals surface area contributed by atoms with Crippen molar-refractivity contribution in [3.63, 3.8) is 0 Å². The molecule has 0 saturated heterocycles. The number of hydrogen-bond donors (Lipinski definition) is 1. The summed E-state index contributed by atoms with van der Waals surface area (Å²) in [6.45, 7) is 7.30. The first kappa shape index (κ1) is 17.1. The lowest BCUT2D eigenvalue weighted by Gasteiger charge is -2.37. The van der Waals surface area contributed by atoms with Crippen molar-refractivity contribution >= 4 is 45.8 Å². The topological polar surface area (TPSA) is 55.5 Å². The molecule has 4 aromatic rings. The summed E-state index contributed by atoms with van der Waals surface area (Å²) in [5.74, 6) is 0. The summed E-state index contributed by atoms with van der Waals surface area (Å²) in [5, 5.41) is 13.5. The van der Waals surface area contributed by atoms with E-state index in [1.54, 1.807) is 20.0 Å². The van der Waals surface area contributed by atoms with Crippen LogP contribution in [0.15, 0.2) is 53.1 Å². The molecule has 0 aliphatic heterocycles. The lowest BCUT2D eigenvalue weighted by Crippen LogP contribution is -2.49. The highest BCUT2D eigenvalue weighted by Gasteiger charge is 2.36. The number of aromatic nitrogens is 1. The maximum atomic E-state index is 10.4. The number of furan rings is 1. The standard InChI is InChI=1S/C21H22BNO3/c1-20(2,24)21(3,4)26-22-15-12-13-8-7-11-23-18(13)17-14-9-5-6-10-16(14)25-19(15)17/h5-12,22,24H,1-4H3. The van der Waals surface area contributed by atoms with Gasteiger partial charge in [0.2, 0.25) is 0 Å². The first-order valence-electron chi connectivity index (χ1n) is 8.82. The molecule has 2 heterocycles. The Morgan fingerprint density at radius 1 is 1.08 bits per heavy atom. The minimum absolute atomic E-state index is 0.345. The molecule has 0 amide bonds. The first-order valence-corrected chi connectivity index (χ1v) is 8.82. The molecular weight excluding hydrogens is 325 g/mol. The van der Waals surface area contributed by atoms with E-state index in [9.17, 15) is 5.11 Å². The minimum Gasteiger partial charge on any atom is -0.456 e. The summed E-state index contributed by atoms with van der Waals surface area (Å²) in [4.78, 5) is 4.58. The van der Waals surface area contributed by atoms with Crippen LogP contribution in [0.2, 0.25) is 0 Å². The summed E-state index contributed by atoms with van der Waals surface area (Å²) in [6.07, 6.45) is 1.80. The van der Waals surface area contributed by atoms with Crippen molar-refractivity contribution in [2.24, 2.45) is 0 Å². The molecular formula is C21H22BNO3. The lowest BCUT2D eigenvalue weighted by molar-refractivity contribution is -0.0893. The molecule has 0 radical (unpaired) electrons. The molecule has 0 bridgehead atoms. The van der Waals surface area contributed by atoms with Gasteiger partial charge in [-0.3, -0.25) is 4.98 Å². The van der Waals surface area contributed by atoms with Crippen molar-refractivity contribution in [1.82, 2.24) is 4.98 Å². The van der Waals surface area contributed by atoms with Crippen molar-refractivity contribution < 1.29 is 14.2 Å². The van der Waals surface area contributed by atoms with Gasteiger partial charge in [0.25, 0.3) is 0 Å². The Kier molecular flexibility index (Phi) is 3.83. The van der Waals surface area contributed by atoms with Gasteiger partial charge in [-0.15, -0.1) is 0 Å². The van der Waals surface area contributed by atoms with Crippen molar-refractivity contribution in [3.8, 4) is 0 Å². The summed E-state index contributed by atoms with van der Waals surface area (Å²) in [6, 6.07) is 14.0. The zero-order valence-corrected chi connectivity index (χ0v) is 15.5. The first-order chi connectivity index (χ1) is 12.3. The predicted molar refractivity (Wildman–Crippen MR) is 107 cm³/mol. The molecule has 0 aliphatic carbocycles. The predicted octanol–water partition coefficient (Wildman–Crippen LogP) is 3.68. The van der Waals surface area contributed by atoms with Gasteiger partial charge in [-0.2, -0.15) is 0 Å². The Bertz CT molecular complexity index is 1110. The van der Waals surface area contributed by atoms with Crippen LogP contribution in [0.5, 0.6) is 0 Å². The molecule has 2 aromatic carbocycles. The quantitative estimate of drug-likeness (QED) is 0.572. The maximum Gasteiger partial charge on any atom is 0.313 e. The Morgan fingerprint density at radius 2 is 1.85 bits per heavy atom. The minimum atomic E-state index is -0.960. The van der Waals surface area contributed by atoms with Gasteiger partial charge >= 0.3 is 7.48 Å². The van der Waals surface area contributed by atoms with E-state index in [4.69, 9.17) is 9.07 Å². The summed E-state index contributed by atoms with van der Waals surface area (Å²) in [5.41, 5.74) is 1.85. The SMILES string of the molecule is CC(C)(O)C(C)(C)OBc1cc2cccnc2c2c1oc1ccccc12. The van der Waals surface area contributed by atoms with E-state index in [-0.39, 0.29) is 0 Å². The number of rotatable bonds is 4. The van der Waals surface area contributed by atoms with Gasteiger partial charge in [0.1, 0.15) is 11.2 Å². The Morgan fingerprint density at radius 3 is 2.62 bits per heavy atom. The van der Waals surface area contributed by atoms with Gasteiger partial charge in [0.15, 0.2) is 0 Å². The van der Waals surface area contributed by atoms with E-state index in [1.807, 2.05) is 44.2 Å². The third-order valence-electron chi connectivity index (χ3n) is 5.35. The molecule has 132 valence electrons. The molecule has 5 heteroatoms. The highest BCUT2D eigenvalue weighted by molar-refractivity contribution is 6.52. The zero-order chi connectivity index (χ0) is 18.5. The van der Waals surface area contributed by atoms with Crippen molar-refractivity contribution in [2.75, 3.05) is 0 Å². The number of nitrogens with zero attached hydrogens (tertiary/aromatic N) is 1. The number of hydrogen-bond acceptors (Lipinski definition) is 4. The van der Waals surface area contributed by atoms with Crippen molar-refractivity contribution in [3.05, 3.63) is 48.7 Å². The summed E-state index contributed by atoms with van der Waals surface area (Å²) >= 11 is 0. The lowest BCUT2D eigenvalue weighted by atomic mass is 9.81. The van der Waals surface area contributed by atoms with Crippen molar-refractivity contribution in [1.29, 1.82) is 0 Å². The second-order valence-corrected chi connectivity index (χ2v) is 7.77. The number of para-hydroxylation sites is 1. The van der Waals surface area contributed by atoms with E-state index in [1.165, 1.54) is 0 Å². The van der Waals surface area contributed by atoms with E-state index in [2.05, 4.69) is 17.1 Å². The second kappa shape index (κ2) is 5.83. The molecule has 1 N–H and O–H groups in total. The summed E-state index contributed by atoms with van der Waals surface area (Å²) in [7, 11) is 0.345. The molecule has 26 heavy (non-hydrogen) atoms. The third-order valence-corrected chi connectivity index (χ3v) is 5.35. The Labute approximate surface area is 153 Å². The smallest absolute Gasteiger partial charge is 0.313 e. The maximum absolute atomic E-state index is 10.4. The van der Waals surface area contributed by atoms with Gasteiger partial charge < -0.3 is 14.2 Å². The van der Waals surface area contributed by atoms with Crippen LogP contribution in [-0.4, -0.2) is 28.8 Å². The molecule has 0 aliphatic rings. The summed E-state index contributed by atoms with van der Waals surface area (Å²) < 4.78 is 12.3. The number of benzene rings is 2. The van der Waals surface area contributed by atoms with Gasteiger partial charge in [0, 0.05) is 17.0 Å². The molecule has 0 atom stereocenters. The average molecular weight is 347 g/mol. The third kappa shape index (κ3) is 2.68. The van der Waals surface area contributed by atoms with Crippen LogP contribution in [0.25, 0.3) is 32.8 Å². The molecule has 0 unspecified atom stereocenters. The fraction of sp³-hybridized carbons (Fsp3) is 0.286.